The SMILES string of the molecule is COc1nc(N2CC3(CC(OC)C3)C2)ccc1Nc1ncc(Cl)c(Nc2ccccc2P(C)(C)=O)n1.COc1nc(N2CC3(CCOC3)C2)ccc1Nc1ncc(Cl)c(Nc2ccccc2P(C)(C)=O)n1.COc1nc(N2CC3(COC3)C2)ccc1Nc1ncc(Cl)c(Nc2ccccc2P(C)(C)=O)n1.COc1nc(N2CCC3(CCOCC3)C2)ccc1Nc1ncc(Cl)c(Nc2ccccc2P(C)(C)=O)n1. The van der Waals surface area contributed by atoms with Crippen LogP contribution in [0.2, 0.25) is 20.1 Å². The third-order valence-corrected chi connectivity index (χ3v) is 33.5. The van der Waals surface area contributed by atoms with Gasteiger partial charge in [-0.3, -0.25) is 0 Å². The van der Waals surface area contributed by atoms with Crippen molar-refractivity contribution in [1.82, 2.24) is 59.8 Å². The molecular formula is C98H116Cl4N24O12P4. The van der Waals surface area contributed by atoms with Crippen LogP contribution < -0.4 is 102 Å². The summed E-state index contributed by atoms with van der Waals surface area (Å²) >= 11 is 25.5. The molecule has 12 aromatic rings. The molecule has 142 heavy (non-hydrogen) atoms. The average Bonchev–Trinajstić information content (AvgIpc) is 1.18. The van der Waals surface area contributed by atoms with Crippen molar-refractivity contribution in [2.45, 2.75) is 44.6 Å². The summed E-state index contributed by atoms with van der Waals surface area (Å²) in [7, 11) is -1.90. The van der Waals surface area contributed by atoms with Gasteiger partial charge < -0.3 is 118 Å². The van der Waals surface area contributed by atoms with Crippen LogP contribution in [0.25, 0.3) is 0 Å². The van der Waals surface area contributed by atoms with Crippen molar-refractivity contribution in [2.75, 3.05) is 243 Å². The van der Waals surface area contributed by atoms with Gasteiger partial charge in [0.25, 0.3) is 0 Å². The number of para-hydroxylation sites is 4. The van der Waals surface area contributed by atoms with Crippen LogP contribution in [0.5, 0.6) is 23.5 Å². The molecule has 7 saturated heterocycles. The standard InChI is InChI=1S/C26H32ClN6O3P.C25H30ClN6O3P.C24H28ClN6O3P.C23H26ClN6O3P/c1-35-24-20(8-9-22(31-24)33-13-10-26(17-33)11-14-36-15-12-26)30-25-28-16-18(27)23(32-25)29-19-6-4-5-7-21(19)37(2,3)34;1-34-16-11-25(12-16)14-32(15-25)21-10-9-19(23(30-21)35-2)29-24-27-13-17(26)22(31-24)28-18-7-5-6-8-20(18)36(3,4)33;1-33-22-18(8-9-20(29-22)31-13-24(14-31)10-11-34-15-24)28-23-26-12-16(25)21(30-23)27-17-6-4-5-7-19(17)35(2,3)32;1-32-21-17(8-9-19(28-21)30-11-23(12-30)13-33-14-23)27-22-25-10-15(24)20(29-22)26-16-6-4-5-7-18(16)34(2,3)31/h4-9,16H,10-15,17H2,1-3H3,(H2,28,29,30,32);5-10,13,16H,11-12,14-15H2,1-4H3,(H2,27,28,29,31);4-9,12H,10-11,13-15H2,1-3H3,(H2,26,27,28,30);4-10H,11-14H2,1-3H3,(H2,25,26,27,29). The summed E-state index contributed by atoms with van der Waals surface area (Å²) in [5.74, 6) is 8.21. The number of benzene rings is 4. The zero-order valence-electron chi connectivity index (χ0n) is 81.2. The van der Waals surface area contributed by atoms with Gasteiger partial charge in [-0.1, -0.05) is 94.9 Å². The minimum atomic E-state index is -2.51. The summed E-state index contributed by atoms with van der Waals surface area (Å²) in [4.78, 5) is 63.2. The summed E-state index contributed by atoms with van der Waals surface area (Å²) in [6, 6.07) is 45.2. The van der Waals surface area contributed by atoms with E-state index in [1.54, 1.807) is 88.9 Å². The number of rotatable bonds is 29. The third kappa shape index (κ3) is 23.8. The third-order valence-electron chi connectivity index (χ3n) is 26.2. The second-order valence-corrected chi connectivity index (χ2v) is 52.7. The number of nitrogens with one attached hydrogen (secondary N) is 8. The lowest BCUT2D eigenvalue weighted by Gasteiger charge is -2.59. The highest BCUT2D eigenvalue weighted by Gasteiger charge is 2.54. The highest BCUT2D eigenvalue weighted by Crippen LogP contribution is 2.53. The Bertz CT molecular complexity index is 6800. The molecule has 1 aliphatic carbocycles. The normalized spacial score (nSPS) is 16.8. The molecule has 7 aliphatic heterocycles. The summed E-state index contributed by atoms with van der Waals surface area (Å²) in [6.45, 7) is 26.5. The smallest absolute Gasteiger partial charge is 0.239 e. The van der Waals surface area contributed by atoms with Crippen molar-refractivity contribution in [3.8, 4) is 23.5 Å². The highest BCUT2D eigenvalue weighted by atomic mass is 35.5. The first kappa shape index (κ1) is 102. The van der Waals surface area contributed by atoms with Crippen LogP contribution in [0.1, 0.15) is 38.5 Å². The van der Waals surface area contributed by atoms with Crippen LogP contribution in [0.15, 0.2) is 170 Å². The number of ether oxygens (including phenoxy) is 8. The fraction of sp³-hybridized carbons (Fsp3) is 0.388. The fourth-order valence-electron chi connectivity index (χ4n) is 18.6. The number of aromatic nitrogens is 12. The Labute approximate surface area is 845 Å². The van der Waals surface area contributed by atoms with E-state index in [2.05, 4.69) is 112 Å². The Morgan fingerprint density at radius 1 is 0.310 bits per heavy atom. The second kappa shape index (κ2) is 42.8. The zero-order valence-corrected chi connectivity index (χ0v) is 87.8. The van der Waals surface area contributed by atoms with Gasteiger partial charge >= 0.3 is 0 Å². The van der Waals surface area contributed by atoms with E-state index in [0.717, 1.165) is 175 Å². The van der Waals surface area contributed by atoms with Crippen LogP contribution in [-0.4, -0.2) is 247 Å². The summed E-state index contributed by atoms with van der Waals surface area (Å²) in [5, 5.41) is 29.8. The van der Waals surface area contributed by atoms with E-state index in [4.69, 9.17) is 94.3 Å². The summed E-state index contributed by atoms with van der Waals surface area (Å²) in [5.41, 5.74) is 6.59. The molecule has 36 nitrogen and oxygen atoms in total. The summed E-state index contributed by atoms with van der Waals surface area (Å²) in [6.07, 6.45) is 13.1. The first-order chi connectivity index (χ1) is 68.0. The highest BCUT2D eigenvalue weighted by molar-refractivity contribution is 7.71. The Morgan fingerprint density at radius 2 is 0.585 bits per heavy atom. The molecule has 8 N–H and O–H groups in total. The Balaban J connectivity index is 0.000000130. The van der Waals surface area contributed by atoms with E-state index in [0.29, 0.717) is 159 Å². The minimum absolute atomic E-state index is 0.272. The molecule has 0 unspecified atom stereocenters. The maximum atomic E-state index is 12.8. The fourth-order valence-corrected chi connectivity index (χ4v) is 23.8. The number of anilines is 20. The lowest BCUT2D eigenvalue weighted by molar-refractivity contribution is -0.127. The quantitative estimate of drug-likeness (QED) is 0.0202. The molecule has 0 atom stereocenters. The van der Waals surface area contributed by atoms with E-state index in [1.165, 1.54) is 24.8 Å². The molecule has 748 valence electrons. The molecule has 8 aliphatic rings. The van der Waals surface area contributed by atoms with Gasteiger partial charge in [0.05, 0.1) is 107 Å². The van der Waals surface area contributed by atoms with Crippen molar-refractivity contribution in [3.05, 3.63) is 190 Å². The maximum Gasteiger partial charge on any atom is 0.239 e. The number of nitrogens with zero attached hydrogens (tertiary/aromatic N) is 16. The molecule has 0 radical (unpaired) electrons. The molecule has 4 aromatic carbocycles. The largest absolute Gasteiger partial charge is 0.479 e. The lowest BCUT2D eigenvalue weighted by atomic mass is 9.62. The molecule has 0 amide bonds. The Hall–Kier alpha value is -11.5. The van der Waals surface area contributed by atoms with E-state index >= 15 is 0 Å². The zero-order chi connectivity index (χ0) is 100. The van der Waals surface area contributed by atoms with Crippen LogP contribution in [-0.2, 0) is 37.2 Å². The first-order valence-electron chi connectivity index (χ1n) is 46.3. The van der Waals surface area contributed by atoms with E-state index in [1.807, 2.05) is 146 Å². The second-order valence-electron chi connectivity index (χ2n) is 38.4. The number of hydrogen-bond donors (Lipinski definition) is 8. The molecule has 8 aromatic heterocycles. The lowest BCUT2D eigenvalue weighted by Crippen LogP contribution is -2.66. The van der Waals surface area contributed by atoms with E-state index in [-0.39, 0.29) is 5.41 Å². The van der Waals surface area contributed by atoms with Gasteiger partial charge in [0.1, 0.15) is 94.7 Å². The average molecular weight is 2090 g/mol. The van der Waals surface area contributed by atoms with Gasteiger partial charge in [-0.15, -0.1) is 0 Å². The number of methoxy groups -OCH3 is 5. The van der Waals surface area contributed by atoms with Gasteiger partial charge in [-0.25, -0.2) is 19.9 Å². The molecular weight excluding hydrogens is 1970 g/mol. The topological polar surface area (TPSA) is 406 Å². The van der Waals surface area contributed by atoms with Gasteiger partial charge in [0.2, 0.25) is 47.3 Å². The van der Waals surface area contributed by atoms with Crippen molar-refractivity contribution in [2.24, 2.45) is 21.7 Å². The van der Waals surface area contributed by atoms with Crippen LogP contribution in [0.4, 0.5) is 116 Å². The molecule has 8 fully saturated rings. The van der Waals surface area contributed by atoms with Crippen LogP contribution in [0.3, 0.4) is 0 Å². The van der Waals surface area contributed by atoms with Gasteiger partial charge in [-0.05, 0) is 194 Å². The Morgan fingerprint density at radius 3 is 0.866 bits per heavy atom. The van der Waals surface area contributed by atoms with E-state index in [9.17, 15) is 18.3 Å². The molecule has 20 rings (SSSR count). The van der Waals surface area contributed by atoms with Crippen molar-refractivity contribution in [1.29, 1.82) is 0 Å². The Kier molecular flexibility index (Phi) is 30.8. The number of hydrogen-bond acceptors (Lipinski definition) is 36. The predicted octanol–water partition coefficient (Wildman–Crippen LogP) is 18.8. The molecule has 1 saturated carbocycles. The molecule has 15 heterocycles. The predicted molar refractivity (Wildman–Crippen MR) is 569 cm³/mol. The maximum absolute atomic E-state index is 12.8. The molecule has 0 bridgehead atoms. The van der Waals surface area contributed by atoms with Gasteiger partial charge in [0, 0.05) is 111 Å². The monoisotopic (exact) mass is 2080 g/mol. The number of halogens is 4. The van der Waals surface area contributed by atoms with Crippen molar-refractivity contribution in [3.63, 3.8) is 0 Å². The number of pyridine rings is 4. The molecule has 44 heteroatoms. The van der Waals surface area contributed by atoms with Crippen LogP contribution >= 0.6 is 75.0 Å². The van der Waals surface area contributed by atoms with Gasteiger partial charge in [-0.2, -0.15) is 39.9 Å². The van der Waals surface area contributed by atoms with Crippen molar-refractivity contribution < 1.29 is 56.2 Å². The molecule has 4 spiro atoms. The van der Waals surface area contributed by atoms with Gasteiger partial charge in [0.15, 0.2) is 23.3 Å². The van der Waals surface area contributed by atoms with Crippen molar-refractivity contribution >= 4 is 212 Å². The minimum Gasteiger partial charge on any atom is -0.479 e. The summed E-state index contributed by atoms with van der Waals surface area (Å²) < 4.78 is 95.1. The van der Waals surface area contributed by atoms with E-state index < -0.39 is 28.6 Å². The first-order valence-corrected chi connectivity index (χ1v) is 58.2. The van der Waals surface area contributed by atoms with Crippen LogP contribution in [0, 0.1) is 21.7 Å².